The van der Waals surface area contributed by atoms with Crippen molar-refractivity contribution in [3.63, 3.8) is 0 Å². The Kier molecular flexibility index (Phi) is 8.26. The predicted octanol–water partition coefficient (Wildman–Crippen LogP) is 6.46. The van der Waals surface area contributed by atoms with Gasteiger partial charge in [0.2, 0.25) is 0 Å². The normalized spacial score (nSPS) is 22.5. The Bertz CT molecular complexity index is 1170. The van der Waals surface area contributed by atoms with Crippen LogP contribution in [0.3, 0.4) is 0 Å². The number of urea groups is 1. The first-order valence-electron chi connectivity index (χ1n) is 14.0. The molecule has 3 aliphatic rings. The van der Waals surface area contributed by atoms with Crippen molar-refractivity contribution in [2.24, 2.45) is 11.8 Å². The number of amides is 2. The molecule has 1 saturated carbocycles. The fraction of sp³-hybridized carbons (Fsp3) is 0.533. The maximum absolute atomic E-state index is 13.2. The van der Waals surface area contributed by atoms with E-state index in [4.69, 9.17) is 0 Å². The number of hydrogen-bond donors (Lipinski definition) is 1. The zero-order valence-electron chi connectivity index (χ0n) is 22.0. The fourth-order valence-corrected chi connectivity index (χ4v) is 6.25. The molecule has 1 saturated heterocycles. The van der Waals surface area contributed by atoms with Crippen LogP contribution in [-0.2, 0) is 12.6 Å². The van der Waals surface area contributed by atoms with Gasteiger partial charge in [-0.1, -0.05) is 6.07 Å². The molecular formula is C30H35F4N3O2. The average molecular weight is 546 g/mol. The van der Waals surface area contributed by atoms with Crippen LogP contribution in [0.15, 0.2) is 42.5 Å². The maximum Gasteiger partial charge on any atom is 0.416 e. The SMILES string of the molecule is O=C(c1ccc(F)cc1)C1CCN(CCC2CCC(NC(=O)N3CCc4ccc(C(F)(F)F)cc43)CC2)CC1. The van der Waals surface area contributed by atoms with Crippen molar-refractivity contribution < 1.29 is 27.2 Å². The third-order valence-corrected chi connectivity index (χ3v) is 8.67. The van der Waals surface area contributed by atoms with Crippen molar-refractivity contribution in [1.82, 2.24) is 10.2 Å². The lowest BCUT2D eigenvalue weighted by Crippen LogP contribution is -2.45. The minimum Gasteiger partial charge on any atom is -0.335 e. The highest BCUT2D eigenvalue weighted by Gasteiger charge is 2.34. The van der Waals surface area contributed by atoms with Gasteiger partial charge in [0.05, 0.1) is 5.56 Å². The summed E-state index contributed by atoms with van der Waals surface area (Å²) in [5.41, 5.74) is 0.980. The van der Waals surface area contributed by atoms with Gasteiger partial charge in [-0.15, -0.1) is 0 Å². The van der Waals surface area contributed by atoms with Gasteiger partial charge in [-0.25, -0.2) is 9.18 Å². The molecule has 5 nitrogen and oxygen atoms in total. The molecule has 0 atom stereocenters. The predicted molar refractivity (Wildman–Crippen MR) is 141 cm³/mol. The Balaban J connectivity index is 1.02. The number of fused-ring (bicyclic) bond motifs is 1. The number of alkyl halides is 3. The molecule has 2 aromatic rings. The summed E-state index contributed by atoms with van der Waals surface area (Å²) in [7, 11) is 0. The molecule has 1 N–H and O–H groups in total. The second kappa shape index (κ2) is 11.7. The van der Waals surface area contributed by atoms with Crippen LogP contribution < -0.4 is 10.2 Å². The van der Waals surface area contributed by atoms with E-state index in [1.54, 1.807) is 12.1 Å². The Morgan fingerprint density at radius 2 is 1.59 bits per heavy atom. The lowest BCUT2D eigenvalue weighted by Gasteiger charge is -2.34. The molecule has 2 fully saturated rings. The smallest absolute Gasteiger partial charge is 0.335 e. The van der Waals surface area contributed by atoms with Gasteiger partial charge in [0.25, 0.3) is 0 Å². The second-order valence-corrected chi connectivity index (χ2v) is 11.2. The highest BCUT2D eigenvalue weighted by molar-refractivity contribution is 5.98. The molecule has 0 unspecified atom stereocenters. The van der Waals surface area contributed by atoms with Crippen LogP contribution in [-0.4, -0.2) is 48.9 Å². The van der Waals surface area contributed by atoms with E-state index in [1.165, 1.54) is 23.1 Å². The Hall–Kier alpha value is -2.94. The van der Waals surface area contributed by atoms with Crippen molar-refractivity contribution in [3.8, 4) is 0 Å². The molecule has 2 heterocycles. The van der Waals surface area contributed by atoms with Crippen LogP contribution in [0.4, 0.5) is 28.0 Å². The molecule has 0 radical (unpaired) electrons. The minimum atomic E-state index is -4.44. The Labute approximate surface area is 226 Å². The van der Waals surface area contributed by atoms with Crippen LogP contribution in [0, 0.1) is 17.7 Å². The summed E-state index contributed by atoms with van der Waals surface area (Å²) in [6, 6.07) is 9.17. The number of rotatable bonds is 6. The molecule has 9 heteroatoms. The first-order valence-corrected chi connectivity index (χ1v) is 14.0. The van der Waals surface area contributed by atoms with E-state index in [9.17, 15) is 27.2 Å². The lowest BCUT2D eigenvalue weighted by molar-refractivity contribution is -0.137. The van der Waals surface area contributed by atoms with Gasteiger partial charge >= 0.3 is 12.2 Å². The molecule has 0 aromatic heterocycles. The van der Waals surface area contributed by atoms with E-state index in [2.05, 4.69) is 10.2 Å². The Morgan fingerprint density at radius 3 is 2.26 bits per heavy atom. The van der Waals surface area contributed by atoms with E-state index in [1.807, 2.05) is 0 Å². The van der Waals surface area contributed by atoms with Gasteiger partial charge in [-0.3, -0.25) is 9.69 Å². The average Bonchev–Trinajstić information content (AvgIpc) is 3.36. The summed E-state index contributed by atoms with van der Waals surface area (Å²) in [5, 5.41) is 3.06. The number of nitrogens with zero attached hydrogens (tertiary/aromatic N) is 2. The molecule has 1 aliphatic carbocycles. The zero-order chi connectivity index (χ0) is 27.6. The van der Waals surface area contributed by atoms with Crippen LogP contribution in [0.1, 0.15) is 66.4 Å². The van der Waals surface area contributed by atoms with Gasteiger partial charge in [0.1, 0.15) is 5.82 Å². The number of carbonyl (C=O) groups is 2. The molecular weight excluding hydrogens is 510 g/mol. The highest BCUT2D eigenvalue weighted by atomic mass is 19.4. The fourth-order valence-electron chi connectivity index (χ4n) is 6.25. The lowest BCUT2D eigenvalue weighted by atomic mass is 9.83. The number of ketones is 1. The number of halogens is 4. The Morgan fingerprint density at radius 1 is 0.897 bits per heavy atom. The van der Waals surface area contributed by atoms with Gasteiger partial charge in [-0.2, -0.15) is 13.2 Å². The van der Waals surface area contributed by atoms with E-state index < -0.39 is 11.7 Å². The van der Waals surface area contributed by atoms with Crippen LogP contribution in [0.25, 0.3) is 0 Å². The van der Waals surface area contributed by atoms with Crippen LogP contribution in [0.2, 0.25) is 0 Å². The summed E-state index contributed by atoms with van der Waals surface area (Å²) in [4.78, 5) is 29.5. The molecule has 0 bridgehead atoms. The zero-order valence-corrected chi connectivity index (χ0v) is 22.0. The van der Waals surface area contributed by atoms with Gasteiger partial charge < -0.3 is 10.2 Å². The van der Waals surface area contributed by atoms with Crippen molar-refractivity contribution >= 4 is 17.5 Å². The summed E-state index contributed by atoms with van der Waals surface area (Å²) in [6.45, 7) is 3.15. The number of likely N-dealkylation sites (tertiary alicyclic amines) is 1. The summed E-state index contributed by atoms with van der Waals surface area (Å²) in [6.07, 6.45) is 2.61. The maximum atomic E-state index is 13.2. The van der Waals surface area contributed by atoms with Gasteiger partial charge in [0.15, 0.2) is 5.78 Å². The first kappa shape index (κ1) is 27.6. The number of nitrogens with one attached hydrogen (secondary N) is 1. The summed E-state index contributed by atoms with van der Waals surface area (Å²) >= 11 is 0. The number of Topliss-reactive ketones (excluding diaryl/α,β-unsaturated/α-hetero) is 1. The molecule has 5 rings (SSSR count). The molecule has 2 amide bonds. The number of benzene rings is 2. The number of piperidine rings is 1. The monoisotopic (exact) mass is 545 g/mol. The van der Waals surface area contributed by atoms with Crippen LogP contribution in [0.5, 0.6) is 0 Å². The second-order valence-electron chi connectivity index (χ2n) is 11.2. The van der Waals surface area contributed by atoms with E-state index >= 15 is 0 Å². The number of carbonyl (C=O) groups excluding carboxylic acids is 2. The molecule has 210 valence electrons. The van der Waals surface area contributed by atoms with E-state index in [0.717, 1.165) is 82.3 Å². The van der Waals surface area contributed by atoms with Crippen molar-refractivity contribution in [1.29, 1.82) is 0 Å². The third kappa shape index (κ3) is 6.62. The summed E-state index contributed by atoms with van der Waals surface area (Å²) in [5.74, 6) is 0.346. The minimum absolute atomic E-state index is 0.00613. The quantitative estimate of drug-likeness (QED) is 0.335. The third-order valence-electron chi connectivity index (χ3n) is 8.67. The van der Waals surface area contributed by atoms with Crippen molar-refractivity contribution in [2.45, 2.75) is 63.6 Å². The van der Waals surface area contributed by atoms with E-state index in [-0.39, 0.29) is 29.6 Å². The van der Waals surface area contributed by atoms with E-state index in [0.29, 0.717) is 30.1 Å². The number of hydrogen-bond acceptors (Lipinski definition) is 3. The molecule has 0 spiro atoms. The largest absolute Gasteiger partial charge is 0.416 e. The van der Waals surface area contributed by atoms with Crippen molar-refractivity contribution in [3.05, 3.63) is 65.0 Å². The van der Waals surface area contributed by atoms with Crippen molar-refractivity contribution in [2.75, 3.05) is 31.1 Å². The first-order chi connectivity index (χ1) is 18.7. The summed E-state index contributed by atoms with van der Waals surface area (Å²) < 4.78 is 52.6. The topological polar surface area (TPSA) is 52.7 Å². The van der Waals surface area contributed by atoms with Gasteiger partial charge in [-0.05, 0) is 119 Å². The standard InChI is InChI=1S/C30H35F4N3O2/c31-25-7-4-22(5-8-25)28(38)23-12-16-36(17-13-23)15-11-20-1-9-26(10-2-20)35-29(39)37-18-14-21-3-6-24(19-27(21)37)30(32,33)34/h3-8,19-20,23,26H,1-2,9-18H2,(H,35,39). The molecule has 2 aromatic carbocycles. The van der Waals surface area contributed by atoms with Gasteiger partial charge in [0, 0.05) is 29.8 Å². The number of anilines is 1. The molecule has 39 heavy (non-hydrogen) atoms. The van der Waals surface area contributed by atoms with Crippen LogP contribution >= 0.6 is 0 Å². The highest BCUT2D eigenvalue weighted by Crippen LogP contribution is 2.36. The molecule has 2 aliphatic heterocycles.